The summed E-state index contributed by atoms with van der Waals surface area (Å²) < 4.78 is 7.44. The van der Waals surface area contributed by atoms with Crippen molar-refractivity contribution in [2.75, 3.05) is 5.32 Å². The molecule has 3 rings (SSSR count). The van der Waals surface area contributed by atoms with E-state index in [2.05, 4.69) is 49.9 Å². The molecule has 3 aromatic rings. The van der Waals surface area contributed by atoms with Crippen molar-refractivity contribution in [2.45, 2.75) is 20.5 Å². The first kappa shape index (κ1) is 24.5. The van der Waals surface area contributed by atoms with Crippen molar-refractivity contribution in [1.29, 1.82) is 10.5 Å². The number of amides is 1. The average Bonchev–Trinajstić information content (AvgIpc) is 2.79. The lowest BCUT2D eigenvalue weighted by molar-refractivity contribution is -0.112. The lowest BCUT2D eigenvalue weighted by atomic mass is 10.1. The highest BCUT2D eigenvalue weighted by molar-refractivity contribution is 14.1. The van der Waals surface area contributed by atoms with Crippen LogP contribution in [0.1, 0.15) is 27.8 Å². The molecule has 0 atom stereocenters. The van der Waals surface area contributed by atoms with Gasteiger partial charge in [0.1, 0.15) is 24.0 Å². The van der Waals surface area contributed by atoms with Crippen LogP contribution < -0.4 is 10.1 Å². The van der Waals surface area contributed by atoms with Crippen molar-refractivity contribution in [2.24, 2.45) is 0 Å². The minimum absolute atomic E-state index is 0.00529. The van der Waals surface area contributed by atoms with Crippen LogP contribution in [0.2, 0.25) is 0 Å². The monoisotopic (exact) mass is 611 g/mol. The van der Waals surface area contributed by atoms with Crippen LogP contribution in [0, 0.1) is 40.1 Å². The van der Waals surface area contributed by atoms with Crippen molar-refractivity contribution in [1.82, 2.24) is 0 Å². The van der Waals surface area contributed by atoms with E-state index in [-0.39, 0.29) is 12.2 Å². The molecule has 0 spiro atoms. The van der Waals surface area contributed by atoms with Crippen molar-refractivity contribution in [3.63, 3.8) is 0 Å². The van der Waals surface area contributed by atoms with Gasteiger partial charge in [-0.3, -0.25) is 4.79 Å². The summed E-state index contributed by atoms with van der Waals surface area (Å²) in [7, 11) is 0. The summed E-state index contributed by atoms with van der Waals surface area (Å²) in [6, 6.07) is 20.7. The number of halogens is 2. The summed E-state index contributed by atoms with van der Waals surface area (Å²) in [5.74, 6) is 0.155. The summed E-state index contributed by atoms with van der Waals surface area (Å²) in [5.41, 5.74) is 4.73. The fourth-order valence-electron chi connectivity index (χ4n) is 3.16. The number of carbonyl (C=O) groups is 1. The average molecular weight is 612 g/mol. The number of hydrogen-bond donors (Lipinski definition) is 1. The van der Waals surface area contributed by atoms with Gasteiger partial charge in [-0.2, -0.15) is 10.5 Å². The topological polar surface area (TPSA) is 85.9 Å². The minimum Gasteiger partial charge on any atom is -0.487 e. The van der Waals surface area contributed by atoms with Gasteiger partial charge in [0.05, 0.1) is 19.7 Å². The zero-order chi connectivity index (χ0) is 24.0. The van der Waals surface area contributed by atoms with Crippen molar-refractivity contribution >= 4 is 56.2 Å². The van der Waals surface area contributed by atoms with Crippen LogP contribution in [0.25, 0.3) is 6.08 Å². The smallest absolute Gasteiger partial charge is 0.266 e. The molecule has 1 amide bonds. The molecule has 0 saturated heterocycles. The first-order valence-corrected chi connectivity index (χ1v) is 11.8. The number of benzene rings is 3. The van der Waals surface area contributed by atoms with Crippen molar-refractivity contribution < 1.29 is 9.53 Å². The van der Waals surface area contributed by atoms with Gasteiger partial charge < -0.3 is 10.1 Å². The molecule has 7 heteroatoms. The Kier molecular flexibility index (Phi) is 8.26. The Labute approximate surface area is 215 Å². The predicted octanol–water partition coefficient (Wildman–Crippen LogP) is 6.67. The van der Waals surface area contributed by atoms with Gasteiger partial charge >= 0.3 is 0 Å². The highest BCUT2D eigenvalue weighted by atomic mass is 127. The second-order valence-corrected chi connectivity index (χ2v) is 9.33. The zero-order valence-electron chi connectivity index (χ0n) is 17.9. The predicted molar refractivity (Wildman–Crippen MR) is 140 cm³/mol. The van der Waals surface area contributed by atoms with E-state index in [4.69, 9.17) is 4.74 Å². The van der Waals surface area contributed by atoms with Crippen molar-refractivity contribution in [3.8, 4) is 17.9 Å². The van der Waals surface area contributed by atoms with Gasteiger partial charge in [-0.25, -0.2) is 0 Å². The quantitative estimate of drug-likeness (QED) is 0.192. The first-order chi connectivity index (χ1) is 15.8. The van der Waals surface area contributed by atoms with E-state index in [1.165, 1.54) is 0 Å². The number of ether oxygens (including phenoxy) is 1. The Morgan fingerprint density at radius 2 is 1.91 bits per heavy atom. The Morgan fingerprint density at radius 1 is 1.15 bits per heavy atom. The Balaban J connectivity index is 1.80. The molecule has 0 unspecified atom stereocenters. The SMILES string of the molecule is Cc1ccc(NC(=O)/C(C#N)=C/c2cc(Br)c(OCc3ccccc3C#N)c(I)c2)c(C)c1. The van der Waals surface area contributed by atoms with Crippen LogP contribution in [-0.4, -0.2) is 5.91 Å². The number of hydrogen-bond acceptors (Lipinski definition) is 4. The number of rotatable bonds is 6. The third-order valence-electron chi connectivity index (χ3n) is 4.84. The van der Waals surface area contributed by atoms with Crippen LogP contribution in [0.5, 0.6) is 5.75 Å². The van der Waals surface area contributed by atoms with E-state index in [1.54, 1.807) is 18.2 Å². The third-order valence-corrected chi connectivity index (χ3v) is 6.23. The molecule has 0 fully saturated rings. The van der Waals surface area contributed by atoms with E-state index in [0.717, 1.165) is 20.3 Å². The number of aryl methyl sites for hydroxylation is 2. The molecule has 1 N–H and O–H groups in total. The van der Waals surface area contributed by atoms with Crippen LogP contribution >= 0.6 is 38.5 Å². The molecule has 0 aromatic heterocycles. The van der Waals surface area contributed by atoms with Crippen LogP contribution in [0.15, 0.2) is 64.6 Å². The molecule has 0 heterocycles. The maximum absolute atomic E-state index is 12.7. The molecule has 0 aliphatic carbocycles. The van der Waals surface area contributed by atoms with Gasteiger partial charge in [0.15, 0.2) is 0 Å². The molecular formula is C26H19BrIN3O2. The van der Waals surface area contributed by atoms with E-state index in [1.807, 2.05) is 62.4 Å². The summed E-state index contributed by atoms with van der Waals surface area (Å²) >= 11 is 5.66. The van der Waals surface area contributed by atoms with Crippen molar-refractivity contribution in [3.05, 3.63) is 96.0 Å². The van der Waals surface area contributed by atoms with Gasteiger partial charge in [-0.05, 0) is 93.8 Å². The lowest BCUT2D eigenvalue weighted by Gasteiger charge is -2.12. The number of anilines is 1. The number of nitrogens with zero attached hydrogens (tertiary/aromatic N) is 2. The standard InChI is InChI=1S/C26H19BrIN3O2/c1-16-7-8-24(17(2)9-16)31-26(32)21(14-30)10-18-11-22(27)25(23(28)12-18)33-15-20-6-4-3-5-19(20)13-29/h3-12H,15H2,1-2H3,(H,31,32)/b21-10+. The number of nitriles is 2. The van der Waals surface area contributed by atoms with E-state index in [0.29, 0.717) is 27.0 Å². The molecule has 0 aliphatic heterocycles. The molecule has 0 saturated carbocycles. The molecule has 0 bridgehead atoms. The molecule has 164 valence electrons. The van der Waals surface area contributed by atoms with Gasteiger partial charge in [0.25, 0.3) is 5.91 Å². The Morgan fingerprint density at radius 3 is 2.58 bits per heavy atom. The minimum atomic E-state index is -0.468. The summed E-state index contributed by atoms with van der Waals surface area (Å²) in [4.78, 5) is 12.7. The molecule has 0 aliphatic rings. The van der Waals surface area contributed by atoms with Gasteiger partial charge in [-0.1, -0.05) is 35.9 Å². The third kappa shape index (κ3) is 6.22. The highest BCUT2D eigenvalue weighted by Crippen LogP contribution is 2.33. The largest absolute Gasteiger partial charge is 0.487 e. The highest BCUT2D eigenvalue weighted by Gasteiger charge is 2.14. The fourth-order valence-corrected chi connectivity index (χ4v) is 4.93. The second-order valence-electron chi connectivity index (χ2n) is 7.31. The fraction of sp³-hybridized carbons (Fsp3) is 0.115. The number of carbonyl (C=O) groups excluding carboxylic acids is 1. The van der Waals surface area contributed by atoms with E-state index < -0.39 is 5.91 Å². The molecule has 0 radical (unpaired) electrons. The molecule has 5 nitrogen and oxygen atoms in total. The van der Waals surface area contributed by atoms with Crippen LogP contribution in [0.3, 0.4) is 0 Å². The number of nitrogens with one attached hydrogen (secondary N) is 1. The van der Waals surface area contributed by atoms with Gasteiger partial charge in [-0.15, -0.1) is 0 Å². The summed E-state index contributed by atoms with van der Waals surface area (Å²) in [5, 5.41) is 21.6. The molecular weight excluding hydrogens is 593 g/mol. The van der Waals surface area contributed by atoms with Crippen LogP contribution in [0.4, 0.5) is 5.69 Å². The van der Waals surface area contributed by atoms with Crippen LogP contribution in [-0.2, 0) is 11.4 Å². The second kappa shape index (κ2) is 11.1. The maximum Gasteiger partial charge on any atom is 0.266 e. The normalized spacial score (nSPS) is 10.8. The maximum atomic E-state index is 12.7. The van der Waals surface area contributed by atoms with E-state index >= 15 is 0 Å². The summed E-state index contributed by atoms with van der Waals surface area (Å²) in [6.07, 6.45) is 1.54. The lowest BCUT2D eigenvalue weighted by Crippen LogP contribution is -2.14. The molecule has 3 aromatic carbocycles. The van der Waals surface area contributed by atoms with E-state index in [9.17, 15) is 15.3 Å². The Bertz CT molecular complexity index is 1310. The summed E-state index contributed by atoms with van der Waals surface area (Å²) in [6.45, 7) is 4.13. The molecule has 33 heavy (non-hydrogen) atoms. The van der Waals surface area contributed by atoms with Gasteiger partial charge in [0, 0.05) is 11.3 Å². The first-order valence-electron chi connectivity index (χ1n) is 9.92. The zero-order valence-corrected chi connectivity index (χ0v) is 21.7. The van der Waals surface area contributed by atoms with Gasteiger partial charge in [0.2, 0.25) is 0 Å². The Hall–Kier alpha value is -3.14.